The summed E-state index contributed by atoms with van der Waals surface area (Å²) in [5, 5.41) is 9.69. The second-order valence-electron chi connectivity index (χ2n) is 7.56. The van der Waals surface area contributed by atoms with Crippen LogP contribution in [-0.4, -0.2) is 45.3 Å². The number of nitrogens with zero attached hydrogens (tertiary/aromatic N) is 2. The number of aromatic carboxylic acids is 1. The van der Waals surface area contributed by atoms with Gasteiger partial charge in [0.2, 0.25) is 0 Å². The van der Waals surface area contributed by atoms with E-state index in [1.165, 1.54) is 12.3 Å². The molecule has 4 heterocycles. The average Bonchev–Trinajstić information content (AvgIpc) is 2.84. The molecule has 160 valence electrons. The monoisotopic (exact) mass is 450 g/mol. The van der Waals surface area contributed by atoms with Crippen molar-refractivity contribution < 1.29 is 19.4 Å². The molecule has 2 aromatic heterocycles. The van der Waals surface area contributed by atoms with Gasteiger partial charge >= 0.3 is 5.97 Å². The van der Waals surface area contributed by atoms with E-state index in [-0.39, 0.29) is 10.7 Å². The van der Waals surface area contributed by atoms with Crippen molar-refractivity contribution in [2.24, 2.45) is 0 Å². The number of hydrogen-bond acceptors (Lipinski definition) is 6. The first kappa shape index (κ1) is 21.1. The summed E-state index contributed by atoms with van der Waals surface area (Å²) in [5.41, 5.74) is -0.332. The van der Waals surface area contributed by atoms with E-state index in [2.05, 4.69) is 11.9 Å². The van der Waals surface area contributed by atoms with E-state index in [4.69, 9.17) is 21.1 Å². The largest absolute Gasteiger partial charge is 0.490 e. The molecule has 2 aromatic rings. The van der Waals surface area contributed by atoms with E-state index in [1.54, 1.807) is 6.07 Å². The zero-order valence-corrected chi connectivity index (χ0v) is 18.2. The minimum atomic E-state index is -1.24. The third kappa shape index (κ3) is 3.78. The number of thioether (sulfide) groups is 1. The van der Waals surface area contributed by atoms with Crippen LogP contribution in [0.1, 0.15) is 43.0 Å². The highest BCUT2D eigenvalue weighted by Gasteiger charge is 2.40. The van der Waals surface area contributed by atoms with Crippen LogP contribution in [0.4, 0.5) is 0 Å². The van der Waals surface area contributed by atoms with Crippen molar-refractivity contribution in [3.05, 3.63) is 39.3 Å². The van der Waals surface area contributed by atoms with Crippen LogP contribution >= 0.6 is 23.4 Å². The lowest BCUT2D eigenvalue weighted by Gasteiger charge is -2.39. The van der Waals surface area contributed by atoms with Crippen LogP contribution in [0, 0.1) is 0 Å². The Morgan fingerprint density at radius 3 is 2.87 bits per heavy atom. The molecule has 0 saturated carbocycles. The Morgan fingerprint density at radius 2 is 2.17 bits per heavy atom. The smallest absolute Gasteiger partial charge is 0.341 e. The molecule has 1 fully saturated rings. The molecule has 1 N–H and O–H groups in total. The first-order chi connectivity index (χ1) is 14.4. The highest BCUT2D eigenvalue weighted by molar-refractivity contribution is 7.99. The number of unbranched alkanes of at least 4 members (excludes halogenated alkanes) is 1. The summed E-state index contributed by atoms with van der Waals surface area (Å²) >= 11 is 8.24. The number of halogens is 1. The van der Waals surface area contributed by atoms with Crippen molar-refractivity contribution >= 4 is 29.3 Å². The van der Waals surface area contributed by atoms with Crippen molar-refractivity contribution in [1.82, 2.24) is 9.55 Å². The zero-order chi connectivity index (χ0) is 21.3. The average molecular weight is 451 g/mol. The zero-order valence-electron chi connectivity index (χ0n) is 16.6. The summed E-state index contributed by atoms with van der Waals surface area (Å²) in [4.78, 5) is 28.7. The van der Waals surface area contributed by atoms with Gasteiger partial charge in [-0.2, -0.15) is 11.8 Å². The molecule has 1 saturated heterocycles. The molecule has 30 heavy (non-hydrogen) atoms. The Balaban J connectivity index is 1.88. The number of carboxylic acids is 1. The van der Waals surface area contributed by atoms with Crippen molar-refractivity contribution in [2.75, 3.05) is 24.7 Å². The van der Waals surface area contributed by atoms with Gasteiger partial charge < -0.3 is 19.1 Å². The molecule has 2 aliphatic heterocycles. The number of hydrogen-bond donors (Lipinski definition) is 1. The van der Waals surface area contributed by atoms with E-state index >= 15 is 0 Å². The fraction of sp³-hybridized carbons (Fsp3) is 0.476. The maximum absolute atomic E-state index is 12.5. The molecule has 9 heteroatoms. The predicted molar refractivity (Wildman–Crippen MR) is 116 cm³/mol. The van der Waals surface area contributed by atoms with Crippen molar-refractivity contribution in [1.29, 1.82) is 0 Å². The summed E-state index contributed by atoms with van der Waals surface area (Å²) in [5.74, 6) is 1.53. The van der Waals surface area contributed by atoms with Crippen LogP contribution in [0.25, 0.3) is 11.4 Å². The van der Waals surface area contributed by atoms with E-state index in [0.717, 1.165) is 37.2 Å². The van der Waals surface area contributed by atoms with Gasteiger partial charge in [-0.15, -0.1) is 0 Å². The van der Waals surface area contributed by atoms with Gasteiger partial charge in [-0.25, -0.2) is 9.78 Å². The van der Waals surface area contributed by atoms with Crippen LogP contribution in [0.15, 0.2) is 23.1 Å². The van der Waals surface area contributed by atoms with Gasteiger partial charge in [-0.3, -0.25) is 4.79 Å². The fourth-order valence-corrected chi connectivity index (χ4v) is 5.31. The maximum atomic E-state index is 12.5. The summed E-state index contributed by atoms with van der Waals surface area (Å²) in [6.07, 6.45) is 4.93. The Labute approximate surface area is 183 Å². The lowest BCUT2D eigenvalue weighted by Crippen LogP contribution is -2.43. The summed E-state index contributed by atoms with van der Waals surface area (Å²) in [6, 6.07) is 3.05. The molecule has 0 radical (unpaired) electrons. The number of ether oxygens (including phenoxy) is 2. The van der Waals surface area contributed by atoms with Crippen molar-refractivity contribution in [3.63, 3.8) is 0 Å². The van der Waals surface area contributed by atoms with Gasteiger partial charge in [0, 0.05) is 18.3 Å². The predicted octanol–water partition coefficient (Wildman–Crippen LogP) is 4.06. The number of carboxylic acid groups (broad SMARTS) is 1. The SMILES string of the molecule is CCCCOc1cc2c(nc1Cl)-c1cc(=O)c(C(=O)O)cn1C1(CCSCC1)CO2. The first-order valence-corrected chi connectivity index (χ1v) is 11.5. The molecule has 0 amide bonds. The Bertz CT molecular complexity index is 1030. The Hall–Kier alpha value is -2.19. The van der Waals surface area contributed by atoms with Gasteiger partial charge in [0.25, 0.3) is 0 Å². The maximum Gasteiger partial charge on any atom is 0.341 e. The van der Waals surface area contributed by atoms with Gasteiger partial charge in [0.1, 0.15) is 17.9 Å². The molecule has 0 aromatic carbocycles. The lowest BCUT2D eigenvalue weighted by molar-refractivity contribution is 0.0692. The van der Waals surface area contributed by atoms with Gasteiger partial charge in [0.05, 0.1) is 17.8 Å². The molecular formula is C21H23ClN2O5S. The van der Waals surface area contributed by atoms with E-state index < -0.39 is 16.9 Å². The Kier molecular flexibility index (Phi) is 5.97. The van der Waals surface area contributed by atoms with Gasteiger partial charge in [-0.05, 0) is 30.8 Å². The molecule has 0 unspecified atom stereocenters. The molecule has 0 bridgehead atoms. The van der Waals surface area contributed by atoms with Crippen molar-refractivity contribution in [3.8, 4) is 22.9 Å². The highest BCUT2D eigenvalue weighted by atomic mass is 35.5. The second-order valence-corrected chi connectivity index (χ2v) is 9.15. The topological polar surface area (TPSA) is 90.6 Å². The first-order valence-electron chi connectivity index (χ1n) is 10.00. The third-order valence-corrected chi connectivity index (χ3v) is 6.88. The van der Waals surface area contributed by atoms with Gasteiger partial charge in [-0.1, -0.05) is 24.9 Å². The molecule has 7 nitrogen and oxygen atoms in total. The standard InChI is InChI=1S/C21H23ClN2O5S/c1-2-3-6-28-17-10-16-18(23-19(17)22)14-9-15(25)13(20(26)27)11-24(14)21(12-29-16)4-7-30-8-5-21/h9-11H,2-8,12H2,1H3,(H,26,27). The van der Waals surface area contributed by atoms with Crippen LogP contribution < -0.4 is 14.9 Å². The van der Waals surface area contributed by atoms with Crippen LogP contribution in [0.5, 0.6) is 11.5 Å². The summed E-state index contributed by atoms with van der Waals surface area (Å²) in [7, 11) is 0. The normalized spacial score (nSPS) is 16.9. The van der Waals surface area contributed by atoms with E-state index in [0.29, 0.717) is 36.1 Å². The number of aromatic nitrogens is 2. The molecular weight excluding hydrogens is 428 g/mol. The molecule has 4 rings (SSSR count). The van der Waals surface area contributed by atoms with Crippen LogP contribution in [-0.2, 0) is 5.54 Å². The van der Waals surface area contributed by atoms with Crippen molar-refractivity contribution in [2.45, 2.75) is 38.1 Å². The lowest BCUT2D eigenvalue weighted by atomic mass is 9.91. The molecule has 1 spiro atoms. The third-order valence-electron chi connectivity index (χ3n) is 5.62. The van der Waals surface area contributed by atoms with E-state index in [1.807, 2.05) is 16.3 Å². The minimum Gasteiger partial charge on any atom is -0.490 e. The number of rotatable bonds is 5. The summed E-state index contributed by atoms with van der Waals surface area (Å²) < 4.78 is 13.8. The minimum absolute atomic E-state index is 0.185. The molecule has 0 atom stereocenters. The quantitative estimate of drug-likeness (QED) is 0.542. The molecule has 2 aliphatic rings. The Morgan fingerprint density at radius 1 is 1.40 bits per heavy atom. The van der Waals surface area contributed by atoms with Crippen LogP contribution in [0.2, 0.25) is 5.15 Å². The second kappa shape index (κ2) is 8.51. The summed E-state index contributed by atoms with van der Waals surface area (Å²) in [6.45, 7) is 2.95. The highest BCUT2D eigenvalue weighted by Crippen LogP contribution is 2.44. The number of fused-ring (bicyclic) bond motifs is 4. The van der Waals surface area contributed by atoms with E-state index in [9.17, 15) is 14.7 Å². The number of carbonyl (C=O) groups is 1. The van der Waals surface area contributed by atoms with Crippen LogP contribution in [0.3, 0.4) is 0 Å². The molecule has 0 aliphatic carbocycles. The van der Waals surface area contributed by atoms with Gasteiger partial charge in [0.15, 0.2) is 22.1 Å². The number of pyridine rings is 2. The fourth-order valence-electron chi connectivity index (χ4n) is 3.86.